The van der Waals surface area contributed by atoms with E-state index < -0.39 is 0 Å². The van der Waals surface area contributed by atoms with E-state index in [0.717, 1.165) is 0 Å². The molecule has 2 unspecified atom stereocenters. The van der Waals surface area contributed by atoms with Crippen LogP contribution in [0.5, 0.6) is 11.7 Å². The van der Waals surface area contributed by atoms with Crippen LogP contribution in [-0.4, -0.2) is 23.7 Å². The number of hydrogen-bond acceptors (Lipinski definition) is 4. The van der Waals surface area contributed by atoms with E-state index in [-0.39, 0.29) is 36.2 Å². The number of amides is 1. The molecule has 112 valence electrons. The van der Waals surface area contributed by atoms with E-state index in [4.69, 9.17) is 14.3 Å². The smallest absolute Gasteiger partial charge is 0.290 e. The first-order chi connectivity index (χ1) is 10.1. The average molecular weight is 289 g/mol. The molecule has 5 heteroatoms. The van der Waals surface area contributed by atoms with Crippen LogP contribution in [0, 0.1) is 5.92 Å². The second-order valence-electron chi connectivity index (χ2n) is 4.96. The zero-order chi connectivity index (χ0) is 15.2. The van der Waals surface area contributed by atoms with Crippen LogP contribution < -0.4 is 10.1 Å². The molecule has 2 atom stereocenters. The Morgan fingerprint density at radius 1 is 1.24 bits per heavy atom. The first-order valence-electron chi connectivity index (χ1n) is 6.84. The number of aliphatic hydroxyl groups is 1. The van der Waals surface area contributed by atoms with Crippen molar-refractivity contribution in [2.45, 2.75) is 19.9 Å². The molecule has 1 heterocycles. The zero-order valence-electron chi connectivity index (χ0n) is 12.1. The van der Waals surface area contributed by atoms with Gasteiger partial charge in [0.1, 0.15) is 5.75 Å². The highest BCUT2D eigenvalue weighted by Crippen LogP contribution is 2.23. The summed E-state index contributed by atoms with van der Waals surface area (Å²) in [7, 11) is 0. The molecule has 0 bridgehead atoms. The van der Waals surface area contributed by atoms with Crippen LogP contribution in [0.2, 0.25) is 0 Å². The van der Waals surface area contributed by atoms with Gasteiger partial charge in [0.2, 0.25) is 0 Å². The first kappa shape index (κ1) is 15.1. The summed E-state index contributed by atoms with van der Waals surface area (Å²) in [6.07, 6.45) is 0. The first-order valence-corrected chi connectivity index (χ1v) is 6.84. The van der Waals surface area contributed by atoms with Gasteiger partial charge in [0, 0.05) is 18.7 Å². The van der Waals surface area contributed by atoms with E-state index in [1.165, 1.54) is 0 Å². The van der Waals surface area contributed by atoms with Crippen molar-refractivity contribution < 1.29 is 19.1 Å². The second kappa shape index (κ2) is 6.95. The van der Waals surface area contributed by atoms with E-state index in [2.05, 4.69) is 5.32 Å². The fourth-order valence-corrected chi connectivity index (χ4v) is 1.68. The Labute approximate surface area is 123 Å². The van der Waals surface area contributed by atoms with Gasteiger partial charge in [-0.15, -0.1) is 0 Å². The molecule has 1 amide bonds. The van der Waals surface area contributed by atoms with Crippen molar-refractivity contribution in [2.24, 2.45) is 5.92 Å². The maximum Gasteiger partial charge on any atom is 0.290 e. The monoisotopic (exact) mass is 289 g/mol. The Morgan fingerprint density at radius 3 is 2.62 bits per heavy atom. The zero-order valence-corrected chi connectivity index (χ0v) is 12.1. The maximum atomic E-state index is 12.0. The number of hydrogen-bond donors (Lipinski definition) is 2. The van der Waals surface area contributed by atoms with Crippen molar-refractivity contribution in [1.29, 1.82) is 0 Å². The normalized spacial score (nSPS) is 13.5. The lowest BCUT2D eigenvalue weighted by molar-refractivity contribution is 0.0883. The third kappa shape index (κ3) is 4.10. The van der Waals surface area contributed by atoms with Gasteiger partial charge in [-0.3, -0.25) is 4.79 Å². The third-order valence-electron chi connectivity index (χ3n) is 3.27. The molecular weight excluding hydrogens is 270 g/mol. The van der Waals surface area contributed by atoms with Crippen LogP contribution in [0.3, 0.4) is 0 Å². The van der Waals surface area contributed by atoms with Crippen molar-refractivity contribution in [1.82, 2.24) is 5.32 Å². The summed E-state index contributed by atoms with van der Waals surface area (Å²) in [4.78, 5) is 12.0. The minimum absolute atomic E-state index is 0.0158. The number of benzene rings is 1. The Balaban J connectivity index is 1.98. The van der Waals surface area contributed by atoms with Crippen LogP contribution in [0.1, 0.15) is 24.4 Å². The number of ether oxygens (including phenoxy) is 1. The standard InChI is InChI=1S/C16H19NO4/c1-11(10-18)12(2)17-16(19)14-8-9-15(21-14)20-13-6-4-3-5-7-13/h3-9,11-12,18H,10H2,1-2H3,(H,17,19). The Kier molecular flexibility index (Phi) is 5.00. The summed E-state index contributed by atoms with van der Waals surface area (Å²) >= 11 is 0. The van der Waals surface area contributed by atoms with Gasteiger partial charge in [-0.05, 0) is 31.0 Å². The summed E-state index contributed by atoms with van der Waals surface area (Å²) in [5.74, 6) is 0.725. The van der Waals surface area contributed by atoms with Gasteiger partial charge in [-0.1, -0.05) is 25.1 Å². The highest BCUT2D eigenvalue weighted by Gasteiger charge is 2.18. The predicted molar refractivity (Wildman–Crippen MR) is 78.4 cm³/mol. The van der Waals surface area contributed by atoms with Crippen molar-refractivity contribution in [2.75, 3.05) is 6.61 Å². The van der Waals surface area contributed by atoms with E-state index in [9.17, 15) is 4.79 Å². The molecular formula is C16H19NO4. The van der Waals surface area contributed by atoms with Gasteiger partial charge < -0.3 is 19.6 Å². The highest BCUT2D eigenvalue weighted by atomic mass is 16.6. The van der Waals surface area contributed by atoms with Crippen LogP contribution in [0.15, 0.2) is 46.9 Å². The second-order valence-corrected chi connectivity index (χ2v) is 4.96. The fraction of sp³-hybridized carbons (Fsp3) is 0.312. The molecule has 0 saturated heterocycles. The Bertz CT molecular complexity index is 579. The van der Waals surface area contributed by atoms with E-state index in [0.29, 0.717) is 5.75 Å². The molecule has 5 nitrogen and oxygen atoms in total. The molecule has 21 heavy (non-hydrogen) atoms. The maximum absolute atomic E-state index is 12.0. The minimum atomic E-state index is -0.328. The van der Waals surface area contributed by atoms with E-state index in [1.807, 2.05) is 32.0 Å². The molecule has 2 rings (SSSR count). The predicted octanol–water partition coefficient (Wildman–Crippen LogP) is 2.82. The Morgan fingerprint density at radius 2 is 1.95 bits per heavy atom. The molecule has 0 aliphatic carbocycles. The van der Waals surface area contributed by atoms with Crippen LogP contribution >= 0.6 is 0 Å². The van der Waals surface area contributed by atoms with Crippen molar-refractivity contribution in [3.63, 3.8) is 0 Å². The van der Waals surface area contributed by atoms with Gasteiger partial charge in [0.15, 0.2) is 5.76 Å². The molecule has 2 aromatic rings. The number of nitrogens with one attached hydrogen (secondary N) is 1. The number of para-hydroxylation sites is 1. The van der Waals surface area contributed by atoms with Crippen molar-refractivity contribution in [3.8, 4) is 11.7 Å². The molecule has 0 fully saturated rings. The van der Waals surface area contributed by atoms with Gasteiger partial charge >= 0.3 is 0 Å². The highest BCUT2D eigenvalue weighted by molar-refractivity contribution is 5.91. The van der Waals surface area contributed by atoms with Gasteiger partial charge in [-0.25, -0.2) is 0 Å². The van der Waals surface area contributed by atoms with Gasteiger partial charge in [0.05, 0.1) is 0 Å². The topological polar surface area (TPSA) is 71.7 Å². The number of furan rings is 1. The van der Waals surface area contributed by atoms with Crippen molar-refractivity contribution >= 4 is 5.91 Å². The van der Waals surface area contributed by atoms with Crippen LogP contribution in [-0.2, 0) is 0 Å². The third-order valence-corrected chi connectivity index (χ3v) is 3.27. The molecule has 0 saturated carbocycles. The van der Waals surface area contributed by atoms with E-state index in [1.54, 1.807) is 24.3 Å². The fourth-order valence-electron chi connectivity index (χ4n) is 1.68. The molecule has 0 aliphatic heterocycles. The Hall–Kier alpha value is -2.27. The van der Waals surface area contributed by atoms with E-state index >= 15 is 0 Å². The lowest BCUT2D eigenvalue weighted by atomic mass is 10.1. The quantitative estimate of drug-likeness (QED) is 0.857. The number of carbonyl (C=O) groups excluding carboxylic acids is 1. The summed E-state index contributed by atoms with van der Waals surface area (Å²) in [6, 6.07) is 12.2. The number of carbonyl (C=O) groups is 1. The molecule has 0 radical (unpaired) electrons. The summed E-state index contributed by atoms with van der Waals surface area (Å²) in [6.45, 7) is 3.71. The lowest BCUT2D eigenvalue weighted by Crippen LogP contribution is -2.38. The van der Waals surface area contributed by atoms with Gasteiger partial charge in [0.25, 0.3) is 11.9 Å². The van der Waals surface area contributed by atoms with Gasteiger partial charge in [-0.2, -0.15) is 0 Å². The molecule has 2 N–H and O–H groups in total. The molecule has 0 aliphatic rings. The summed E-state index contributed by atoms with van der Waals surface area (Å²) in [5, 5.41) is 11.8. The SMILES string of the molecule is CC(CO)C(C)NC(=O)c1ccc(Oc2ccccc2)o1. The average Bonchev–Trinajstić information content (AvgIpc) is 2.96. The number of aliphatic hydroxyl groups excluding tert-OH is 1. The largest absolute Gasteiger partial charge is 0.426 e. The van der Waals surface area contributed by atoms with Crippen LogP contribution in [0.25, 0.3) is 0 Å². The summed E-state index contributed by atoms with van der Waals surface area (Å²) in [5.41, 5.74) is 0. The molecule has 1 aromatic carbocycles. The molecule has 1 aromatic heterocycles. The minimum Gasteiger partial charge on any atom is -0.426 e. The molecule has 0 spiro atoms. The lowest BCUT2D eigenvalue weighted by Gasteiger charge is -2.18. The number of rotatable bonds is 6. The van der Waals surface area contributed by atoms with Crippen LogP contribution in [0.4, 0.5) is 0 Å². The van der Waals surface area contributed by atoms with Crippen molar-refractivity contribution in [3.05, 3.63) is 48.2 Å². The summed E-state index contributed by atoms with van der Waals surface area (Å²) < 4.78 is 10.9.